The largest absolute Gasteiger partial charge is 1.00 e. The van der Waals surface area contributed by atoms with Gasteiger partial charge in [0.1, 0.15) is 0 Å². The maximum atomic E-state index is 12.5. The zero-order valence-corrected chi connectivity index (χ0v) is 39.3. The van der Waals surface area contributed by atoms with Gasteiger partial charge in [-0.15, -0.1) is 6.92 Å². The van der Waals surface area contributed by atoms with Gasteiger partial charge in [0.2, 0.25) is 0 Å². The first-order valence-electron chi connectivity index (χ1n) is 19.2. The molecular formula is C49H50Cl2F6Hf-2. The number of benzene rings is 3. The molecule has 2 unspecified atom stereocenters. The van der Waals surface area contributed by atoms with Crippen molar-refractivity contribution in [2.24, 2.45) is 27.6 Å². The smallest absolute Gasteiger partial charge is 0.172 e. The molecule has 0 aromatic heterocycles. The second kappa shape index (κ2) is 17.2. The first-order valence-corrected chi connectivity index (χ1v) is 21.0. The molecule has 0 bridgehead atoms. The summed E-state index contributed by atoms with van der Waals surface area (Å²) in [5.74, 6) is 2.24. The molecule has 4 aromatic carbocycles. The van der Waals surface area contributed by atoms with Crippen LogP contribution in [0.3, 0.4) is 0 Å². The Morgan fingerprint density at radius 3 is 1.67 bits per heavy atom. The quantitative estimate of drug-likeness (QED) is 0.108. The van der Waals surface area contributed by atoms with Crippen LogP contribution in [0.5, 0.6) is 0 Å². The summed E-state index contributed by atoms with van der Waals surface area (Å²) < 4.78 is 75.7. The summed E-state index contributed by atoms with van der Waals surface area (Å²) in [7, 11) is 0. The van der Waals surface area contributed by atoms with Crippen molar-refractivity contribution in [3.63, 3.8) is 0 Å². The van der Waals surface area contributed by atoms with E-state index in [1.165, 1.54) is 48.2 Å². The zero-order valence-electron chi connectivity index (χ0n) is 34.2. The van der Waals surface area contributed by atoms with Crippen LogP contribution in [0.2, 0.25) is 0 Å². The third kappa shape index (κ3) is 8.10. The summed E-state index contributed by atoms with van der Waals surface area (Å²) in [4.78, 5) is 0. The van der Waals surface area contributed by atoms with Gasteiger partial charge in [0.15, 0.2) is 0 Å². The summed E-state index contributed by atoms with van der Waals surface area (Å²) in [6, 6.07) is 28.4. The van der Waals surface area contributed by atoms with Gasteiger partial charge < -0.3 is 24.8 Å². The van der Waals surface area contributed by atoms with E-state index in [0.717, 1.165) is 33.9 Å². The third-order valence-corrected chi connectivity index (χ3v) is 16.4. The number of hydrogen-bond acceptors (Lipinski definition) is 0. The van der Waals surface area contributed by atoms with E-state index in [-0.39, 0.29) is 46.5 Å². The molecule has 58 heavy (non-hydrogen) atoms. The van der Waals surface area contributed by atoms with E-state index in [0.29, 0.717) is 40.9 Å². The van der Waals surface area contributed by atoms with Crippen molar-refractivity contribution in [3.8, 4) is 0 Å². The van der Waals surface area contributed by atoms with Crippen molar-refractivity contribution in [1.82, 2.24) is 0 Å². The van der Waals surface area contributed by atoms with E-state index in [2.05, 4.69) is 91.8 Å². The average molecular weight is 1000 g/mol. The van der Waals surface area contributed by atoms with Crippen LogP contribution < -0.4 is 24.8 Å². The molecule has 0 heterocycles. The molecule has 1 fully saturated rings. The van der Waals surface area contributed by atoms with Gasteiger partial charge in [0.25, 0.3) is 0 Å². The van der Waals surface area contributed by atoms with Crippen LogP contribution in [0.1, 0.15) is 102 Å². The molecule has 4 aromatic rings. The second-order valence-electron chi connectivity index (χ2n) is 17.2. The predicted octanol–water partition coefficient (Wildman–Crippen LogP) is 8.22. The third-order valence-electron chi connectivity index (χ3n) is 14.4. The van der Waals surface area contributed by atoms with E-state index in [4.69, 9.17) is 0 Å². The maximum Gasteiger partial charge on any atom is -0.172 e. The monoisotopic (exact) mass is 1000 g/mol. The molecule has 308 valence electrons. The minimum Gasteiger partial charge on any atom is -1.00 e. The maximum absolute atomic E-state index is 12.5. The van der Waals surface area contributed by atoms with Crippen molar-refractivity contribution in [2.75, 3.05) is 0 Å². The number of allylic oxidation sites excluding steroid dienone is 6. The van der Waals surface area contributed by atoms with Gasteiger partial charge in [-0.1, -0.05) is 113 Å². The van der Waals surface area contributed by atoms with Crippen LogP contribution >= 0.6 is 0 Å². The summed E-state index contributed by atoms with van der Waals surface area (Å²) in [5.41, 5.74) is 9.96. The molecule has 0 saturated heterocycles. The van der Waals surface area contributed by atoms with Gasteiger partial charge in [0, 0.05) is 0 Å². The number of hydrogen-bond donors (Lipinski definition) is 0. The SMILES string of the molecule is C[C-]1C2=C3Cc4ccccc4C3=C3C=CCCC3C2(C)C(C)(C)C(C)(C)C1(C)C.FC(F)(F)c1ccc([C](=[Hf+2])c2ccc(C(F)(F)F)cc2)cc1.[Cl-].[Cl-].c1cc[cH-]c1. The number of fused-ring (bicyclic) bond motifs is 6. The fourth-order valence-corrected chi connectivity index (χ4v) is 10.9. The van der Waals surface area contributed by atoms with E-state index >= 15 is 0 Å². The fraction of sp³-hybridized carbons (Fsp3) is 0.367. The standard InChI is InChI=1S/C29H37.C15H8F6.C5H5.2ClH.Hf/c1-18-25-22-17-19-13-9-10-14-20(19)24(22)21-15-11-12-16-23(21)29(25,8)28(6,7)27(4,5)26(18,2)3;16-14(17,18)12-5-1-10(2-6-12)9-11-3-7-13(8-4-11)15(19,20)21;1-2-4-5-3-1;;;/h9-11,13-15,23H,12,16-17H2,1-8H3;1-8H;1-5H;2*1H;/q-1;;-1;;;+2/p-2. The van der Waals surface area contributed by atoms with E-state index < -0.39 is 23.5 Å². The molecule has 0 aliphatic heterocycles. The van der Waals surface area contributed by atoms with Crippen LogP contribution in [0.25, 0.3) is 5.57 Å². The predicted molar refractivity (Wildman–Crippen MR) is 212 cm³/mol. The Morgan fingerprint density at radius 2 is 1.21 bits per heavy atom. The minimum absolute atomic E-state index is 0. The molecule has 4 aliphatic carbocycles. The molecule has 0 radical (unpaired) electrons. The van der Waals surface area contributed by atoms with Crippen LogP contribution in [-0.2, 0) is 42.7 Å². The van der Waals surface area contributed by atoms with Crippen LogP contribution in [0, 0.1) is 33.5 Å². The number of rotatable bonds is 2. The Labute approximate surface area is 367 Å². The molecule has 0 amide bonds. The molecule has 1 saturated carbocycles. The van der Waals surface area contributed by atoms with Gasteiger partial charge in [0.05, 0.1) is 0 Å². The van der Waals surface area contributed by atoms with E-state index in [9.17, 15) is 26.3 Å². The van der Waals surface area contributed by atoms with Crippen LogP contribution in [-0.4, -0.2) is 3.26 Å². The van der Waals surface area contributed by atoms with Gasteiger partial charge in [-0.05, 0) is 40.6 Å². The zero-order chi connectivity index (χ0) is 41.1. The molecule has 8 rings (SSSR count). The minimum atomic E-state index is -4.40. The van der Waals surface area contributed by atoms with Crippen LogP contribution in [0.15, 0.2) is 132 Å². The van der Waals surface area contributed by atoms with Crippen LogP contribution in [0.4, 0.5) is 26.3 Å². The Bertz CT molecular complexity index is 2090. The summed E-state index contributed by atoms with van der Waals surface area (Å²) in [6.07, 6.45) is -0.307. The summed E-state index contributed by atoms with van der Waals surface area (Å²) in [5, 5.41) is 0. The van der Waals surface area contributed by atoms with Crippen molar-refractivity contribution in [2.45, 2.75) is 87.0 Å². The Hall–Kier alpha value is -3.00. The number of alkyl halides is 6. The second-order valence-corrected chi connectivity index (χ2v) is 19.0. The topological polar surface area (TPSA) is 0 Å². The molecule has 2 atom stereocenters. The van der Waals surface area contributed by atoms with Gasteiger partial charge >= 0.3 is 137 Å². The Balaban J connectivity index is 0.000000228. The van der Waals surface area contributed by atoms with Crippen molar-refractivity contribution >= 4 is 8.83 Å². The first kappa shape index (κ1) is 47.7. The van der Waals surface area contributed by atoms with E-state index in [1.54, 1.807) is 28.2 Å². The molecule has 4 aliphatic rings. The Kier molecular flexibility index (Phi) is 14.1. The van der Waals surface area contributed by atoms with Crippen molar-refractivity contribution < 1.29 is 75.0 Å². The fourth-order valence-electron chi connectivity index (χ4n) is 9.71. The molecule has 0 nitrogen and oxygen atoms in total. The molecular weight excluding hydrogens is 952 g/mol. The normalized spacial score (nSPS) is 22.0. The number of halogens is 8. The van der Waals surface area contributed by atoms with Gasteiger partial charge in [-0.25, -0.2) is 18.1 Å². The van der Waals surface area contributed by atoms with Gasteiger partial charge in [-0.3, -0.25) is 0 Å². The van der Waals surface area contributed by atoms with Crippen molar-refractivity contribution in [3.05, 3.63) is 171 Å². The Morgan fingerprint density at radius 1 is 0.707 bits per heavy atom. The van der Waals surface area contributed by atoms with Crippen molar-refractivity contribution in [1.29, 1.82) is 0 Å². The molecule has 9 heteroatoms. The summed E-state index contributed by atoms with van der Waals surface area (Å²) >= 11 is 0.493. The molecule has 0 N–H and O–H groups in total. The average Bonchev–Trinajstić information content (AvgIpc) is 3.86. The first-order chi connectivity index (χ1) is 26.1. The van der Waals surface area contributed by atoms with Gasteiger partial charge in [-0.2, -0.15) is 29.3 Å². The van der Waals surface area contributed by atoms with E-state index in [1.807, 2.05) is 30.3 Å². The summed E-state index contributed by atoms with van der Waals surface area (Å²) in [6.45, 7) is 20.3. The molecule has 0 spiro atoms.